The Morgan fingerprint density at radius 1 is 1.16 bits per heavy atom. The molecule has 10 nitrogen and oxygen atoms in total. The van der Waals surface area contributed by atoms with E-state index >= 15 is 0 Å². The zero-order valence-electron chi connectivity index (χ0n) is 22.0. The maximum absolute atomic E-state index is 13.0. The van der Waals surface area contributed by atoms with Crippen LogP contribution in [0.4, 0.5) is 0 Å². The highest BCUT2D eigenvalue weighted by Crippen LogP contribution is 2.43. The van der Waals surface area contributed by atoms with Gasteiger partial charge in [0.15, 0.2) is 16.7 Å². The highest BCUT2D eigenvalue weighted by Gasteiger charge is 2.32. The van der Waals surface area contributed by atoms with E-state index in [1.54, 1.807) is 26.0 Å². The fraction of sp³-hybridized carbons (Fsp3) is 0.385. The number of carbonyl (C=O) groups excluding carboxylic acids is 1. The Bertz CT molecular complexity index is 1260. The van der Waals surface area contributed by atoms with Gasteiger partial charge in [0, 0.05) is 17.9 Å². The number of carbonyl (C=O) groups is 1. The lowest BCUT2D eigenvalue weighted by atomic mass is 9.96. The standard InChI is InChI=1S/C26H31N5O5S/c1-8-36-25(32)21-15(3)30-26(37-24-18(12-27)17(13-28-4)9-14(2)29-24)31-22(21)16-10-19(33-5)23(35-7)20(11-16)34-6/h9-11,22,28H,8,13H2,1-7H3,(H,30,31)/t22-/m1/s1. The van der Waals surface area contributed by atoms with Gasteiger partial charge in [0.1, 0.15) is 17.1 Å². The van der Waals surface area contributed by atoms with Crippen molar-refractivity contribution in [2.75, 3.05) is 35.0 Å². The number of nitrogens with zero attached hydrogens (tertiary/aromatic N) is 3. The number of methoxy groups -OCH3 is 3. The first-order valence-electron chi connectivity index (χ1n) is 11.6. The Labute approximate surface area is 221 Å². The van der Waals surface area contributed by atoms with Gasteiger partial charge < -0.3 is 29.6 Å². The van der Waals surface area contributed by atoms with Crippen LogP contribution in [0.3, 0.4) is 0 Å². The summed E-state index contributed by atoms with van der Waals surface area (Å²) in [6, 6.07) is 6.93. The molecule has 0 amide bonds. The molecular formula is C26H31N5O5S. The second kappa shape index (κ2) is 12.5. The number of benzene rings is 1. The highest BCUT2D eigenvalue weighted by molar-refractivity contribution is 8.13. The lowest BCUT2D eigenvalue weighted by Crippen LogP contribution is -2.30. The Morgan fingerprint density at radius 2 is 1.84 bits per heavy atom. The molecule has 3 rings (SSSR count). The number of rotatable bonds is 9. The van der Waals surface area contributed by atoms with Gasteiger partial charge in [0.05, 0.1) is 39.1 Å². The zero-order chi connectivity index (χ0) is 27.1. The van der Waals surface area contributed by atoms with Gasteiger partial charge in [-0.2, -0.15) is 5.26 Å². The number of thioether (sulfide) groups is 1. The van der Waals surface area contributed by atoms with Crippen molar-refractivity contribution in [1.29, 1.82) is 5.26 Å². The van der Waals surface area contributed by atoms with Crippen LogP contribution in [0.2, 0.25) is 0 Å². The Balaban J connectivity index is 2.15. The van der Waals surface area contributed by atoms with Crippen LogP contribution < -0.4 is 24.8 Å². The summed E-state index contributed by atoms with van der Waals surface area (Å²) in [5.41, 5.74) is 3.67. The van der Waals surface area contributed by atoms with Crippen LogP contribution in [0, 0.1) is 18.3 Å². The minimum Gasteiger partial charge on any atom is -0.493 e. The second-order valence-electron chi connectivity index (χ2n) is 8.03. The number of aryl methyl sites for hydroxylation is 1. The molecule has 0 unspecified atom stereocenters. The summed E-state index contributed by atoms with van der Waals surface area (Å²) in [4.78, 5) is 22.5. The molecule has 0 spiro atoms. The zero-order valence-corrected chi connectivity index (χ0v) is 22.8. The molecule has 1 aromatic carbocycles. The van der Waals surface area contributed by atoms with Crippen LogP contribution in [0.1, 0.15) is 42.3 Å². The molecule has 0 bridgehead atoms. The molecule has 2 N–H and O–H groups in total. The second-order valence-corrected chi connectivity index (χ2v) is 9.00. The molecule has 1 aliphatic heterocycles. The van der Waals surface area contributed by atoms with E-state index < -0.39 is 12.0 Å². The molecule has 0 fully saturated rings. The molecule has 196 valence electrons. The van der Waals surface area contributed by atoms with Gasteiger partial charge in [-0.3, -0.25) is 0 Å². The number of amidine groups is 1. The smallest absolute Gasteiger partial charge is 0.338 e. The van der Waals surface area contributed by atoms with E-state index in [-0.39, 0.29) is 6.61 Å². The van der Waals surface area contributed by atoms with Crippen LogP contribution >= 0.6 is 11.8 Å². The van der Waals surface area contributed by atoms with Gasteiger partial charge in [0.25, 0.3) is 0 Å². The third-order valence-corrected chi connectivity index (χ3v) is 6.47. The Kier molecular flexibility index (Phi) is 9.38. The molecule has 37 heavy (non-hydrogen) atoms. The van der Waals surface area contributed by atoms with Gasteiger partial charge in [-0.1, -0.05) is 0 Å². The molecule has 2 aromatic rings. The largest absolute Gasteiger partial charge is 0.493 e. The molecule has 0 aliphatic carbocycles. The van der Waals surface area contributed by atoms with Crippen molar-refractivity contribution in [3.05, 3.63) is 51.9 Å². The summed E-state index contributed by atoms with van der Waals surface area (Å²) in [6.45, 7) is 6.16. The molecule has 1 atom stereocenters. The number of esters is 1. The maximum Gasteiger partial charge on any atom is 0.338 e. The molecule has 1 aliphatic rings. The lowest BCUT2D eigenvalue weighted by molar-refractivity contribution is -0.138. The minimum atomic E-state index is -0.733. The van der Waals surface area contributed by atoms with E-state index in [1.165, 1.54) is 33.1 Å². The number of aliphatic imine (C=N–C) groups is 1. The number of ether oxygens (including phenoxy) is 4. The summed E-state index contributed by atoms with van der Waals surface area (Å²) >= 11 is 1.23. The van der Waals surface area contributed by atoms with Crippen molar-refractivity contribution in [2.24, 2.45) is 4.99 Å². The molecule has 1 aromatic heterocycles. The topological polar surface area (TPSA) is 127 Å². The van der Waals surface area contributed by atoms with Crippen LogP contribution in [0.15, 0.2) is 39.5 Å². The molecule has 0 saturated heterocycles. The maximum atomic E-state index is 13.0. The van der Waals surface area contributed by atoms with Crippen molar-refractivity contribution in [2.45, 2.75) is 38.4 Å². The summed E-state index contributed by atoms with van der Waals surface area (Å²) < 4.78 is 21.8. The SMILES string of the molecule is CCOC(=O)C1=C(C)NC(Sc2nc(C)cc(CNC)c2C#N)=N[C@@H]1c1cc(OC)c(OC)c(OC)c1. The molecule has 0 radical (unpaired) electrons. The van der Waals surface area contributed by atoms with Gasteiger partial charge in [0.2, 0.25) is 5.75 Å². The Morgan fingerprint density at radius 3 is 2.38 bits per heavy atom. The van der Waals surface area contributed by atoms with E-state index in [9.17, 15) is 10.1 Å². The third kappa shape index (κ3) is 5.98. The summed E-state index contributed by atoms with van der Waals surface area (Å²) in [7, 11) is 6.40. The molecule has 11 heteroatoms. The van der Waals surface area contributed by atoms with Crippen molar-refractivity contribution < 1.29 is 23.7 Å². The number of pyridine rings is 1. The number of nitrogens with one attached hydrogen (secondary N) is 2. The number of allylic oxidation sites excluding steroid dienone is 1. The first-order valence-corrected chi connectivity index (χ1v) is 12.4. The van der Waals surface area contributed by atoms with Crippen LogP contribution in [0.5, 0.6) is 17.2 Å². The molecule has 2 heterocycles. The van der Waals surface area contributed by atoms with Crippen LogP contribution in [0.25, 0.3) is 0 Å². The van der Waals surface area contributed by atoms with E-state index in [1.807, 2.05) is 20.0 Å². The van der Waals surface area contributed by atoms with Crippen molar-refractivity contribution in [1.82, 2.24) is 15.6 Å². The minimum absolute atomic E-state index is 0.218. The highest BCUT2D eigenvalue weighted by atomic mass is 32.2. The number of nitriles is 1. The number of hydrogen-bond acceptors (Lipinski definition) is 11. The average molecular weight is 526 g/mol. The van der Waals surface area contributed by atoms with Crippen LogP contribution in [-0.4, -0.2) is 51.1 Å². The normalized spacial score (nSPS) is 14.9. The lowest BCUT2D eigenvalue weighted by Gasteiger charge is -2.26. The average Bonchev–Trinajstić information content (AvgIpc) is 2.87. The van der Waals surface area contributed by atoms with Gasteiger partial charge >= 0.3 is 5.97 Å². The van der Waals surface area contributed by atoms with Gasteiger partial charge in [-0.25, -0.2) is 14.8 Å². The quantitative estimate of drug-likeness (QED) is 0.469. The van der Waals surface area contributed by atoms with Gasteiger partial charge in [-0.05, 0) is 68.9 Å². The third-order valence-electron chi connectivity index (χ3n) is 5.58. The van der Waals surface area contributed by atoms with E-state index in [2.05, 4.69) is 21.7 Å². The van der Waals surface area contributed by atoms with Crippen molar-refractivity contribution >= 4 is 22.9 Å². The number of aromatic nitrogens is 1. The monoisotopic (exact) mass is 525 g/mol. The first-order chi connectivity index (χ1) is 17.8. The summed E-state index contributed by atoms with van der Waals surface area (Å²) in [5.74, 6) is 0.815. The van der Waals surface area contributed by atoms with E-state index in [4.69, 9.17) is 23.9 Å². The Hall–Kier alpha value is -3.75. The predicted octanol–water partition coefficient (Wildman–Crippen LogP) is 3.64. The van der Waals surface area contributed by atoms with Gasteiger partial charge in [-0.15, -0.1) is 0 Å². The summed E-state index contributed by atoms with van der Waals surface area (Å²) in [6.07, 6.45) is 0. The first kappa shape index (κ1) is 27.8. The fourth-order valence-electron chi connectivity index (χ4n) is 4.00. The van der Waals surface area contributed by atoms with Crippen molar-refractivity contribution in [3.8, 4) is 23.3 Å². The van der Waals surface area contributed by atoms with E-state index in [0.717, 1.165) is 11.3 Å². The molecular weight excluding hydrogens is 494 g/mol. The van der Waals surface area contributed by atoms with Crippen LogP contribution in [-0.2, 0) is 16.1 Å². The predicted molar refractivity (Wildman–Crippen MR) is 141 cm³/mol. The van der Waals surface area contributed by atoms with Crippen molar-refractivity contribution in [3.63, 3.8) is 0 Å². The van der Waals surface area contributed by atoms with E-state index in [0.29, 0.717) is 56.4 Å². The summed E-state index contributed by atoms with van der Waals surface area (Å²) in [5, 5.41) is 17.2. The fourth-order valence-corrected chi connectivity index (χ4v) is 5.01. The number of hydrogen-bond donors (Lipinski definition) is 2. The molecule has 0 saturated carbocycles.